The van der Waals surface area contributed by atoms with E-state index in [1.165, 1.54) is 31.3 Å². The summed E-state index contributed by atoms with van der Waals surface area (Å²) in [7, 11) is 0. The van der Waals surface area contributed by atoms with Crippen LogP contribution in [-0.4, -0.2) is 10.1 Å². The van der Waals surface area contributed by atoms with Crippen LogP contribution >= 0.6 is 0 Å². The maximum atomic E-state index is 13.2. The Kier molecular flexibility index (Phi) is 4.28. The van der Waals surface area contributed by atoms with Crippen LogP contribution in [-0.2, 0) is 6.61 Å². The molecule has 20 heavy (non-hydrogen) atoms. The monoisotopic (exact) mass is 272 g/mol. The minimum Gasteiger partial charge on any atom is -0.488 e. The molecule has 0 saturated carbocycles. The minimum atomic E-state index is -0.843. The number of benzene rings is 1. The summed E-state index contributed by atoms with van der Waals surface area (Å²) in [4.78, 5) is 3.93. The predicted octanol–water partition coefficient (Wildman–Crippen LogP) is 2.72. The van der Waals surface area contributed by atoms with Gasteiger partial charge in [-0.05, 0) is 31.2 Å². The zero-order chi connectivity index (χ0) is 14.5. The summed E-state index contributed by atoms with van der Waals surface area (Å²) < 4.78 is 18.7. The van der Waals surface area contributed by atoms with E-state index < -0.39 is 11.9 Å². The predicted molar refractivity (Wildman–Crippen MR) is 70.3 cm³/mol. The summed E-state index contributed by atoms with van der Waals surface area (Å²) in [6, 6.07) is 9.37. The number of halogens is 1. The van der Waals surface area contributed by atoms with Gasteiger partial charge in [0.2, 0.25) is 0 Å². The van der Waals surface area contributed by atoms with Crippen LogP contribution in [0.25, 0.3) is 0 Å². The Balaban J connectivity index is 2.21. The molecular weight excluding hydrogens is 259 g/mol. The van der Waals surface area contributed by atoms with Crippen molar-refractivity contribution < 1.29 is 14.2 Å². The van der Waals surface area contributed by atoms with Crippen LogP contribution in [0.5, 0.6) is 5.75 Å². The molecule has 2 aromatic rings. The number of aliphatic hydroxyl groups excluding tert-OH is 1. The van der Waals surface area contributed by atoms with Gasteiger partial charge >= 0.3 is 0 Å². The number of nitriles is 1. The molecule has 0 aliphatic carbocycles. The second-order valence-electron chi connectivity index (χ2n) is 4.27. The number of aromatic nitrogens is 1. The average molecular weight is 272 g/mol. The molecule has 0 aliphatic heterocycles. The van der Waals surface area contributed by atoms with Crippen molar-refractivity contribution in [2.75, 3.05) is 0 Å². The molecule has 0 fully saturated rings. The zero-order valence-corrected chi connectivity index (χ0v) is 10.9. The quantitative estimate of drug-likeness (QED) is 0.929. The fourth-order valence-corrected chi connectivity index (χ4v) is 1.79. The highest BCUT2D eigenvalue weighted by molar-refractivity contribution is 5.36. The van der Waals surface area contributed by atoms with Crippen molar-refractivity contribution >= 4 is 0 Å². The molecular formula is C15H13FN2O2. The van der Waals surface area contributed by atoms with E-state index in [1.807, 2.05) is 6.07 Å². The number of pyridine rings is 1. The molecule has 0 spiro atoms. The van der Waals surface area contributed by atoms with E-state index in [9.17, 15) is 9.50 Å². The number of hydrogen-bond donors (Lipinski definition) is 1. The first-order valence-electron chi connectivity index (χ1n) is 6.06. The second kappa shape index (κ2) is 6.13. The summed E-state index contributed by atoms with van der Waals surface area (Å²) in [5, 5.41) is 18.6. The van der Waals surface area contributed by atoms with Gasteiger partial charge in [-0.15, -0.1) is 0 Å². The average Bonchev–Trinajstić information content (AvgIpc) is 2.46. The van der Waals surface area contributed by atoms with Crippen LogP contribution in [0.4, 0.5) is 4.39 Å². The molecule has 0 bridgehead atoms. The molecule has 2 rings (SSSR count). The molecule has 4 nitrogen and oxygen atoms in total. The fourth-order valence-electron chi connectivity index (χ4n) is 1.79. The van der Waals surface area contributed by atoms with E-state index in [0.29, 0.717) is 16.9 Å². The Hall–Kier alpha value is -2.45. The Labute approximate surface area is 116 Å². The fraction of sp³-hybridized carbons (Fsp3) is 0.200. The topological polar surface area (TPSA) is 66.1 Å². The first-order chi connectivity index (χ1) is 9.61. The lowest BCUT2D eigenvalue weighted by atomic mass is 10.1. The van der Waals surface area contributed by atoms with Gasteiger partial charge in [-0.3, -0.25) is 0 Å². The maximum absolute atomic E-state index is 13.2. The summed E-state index contributed by atoms with van der Waals surface area (Å²) in [5.74, 6) is -0.0542. The molecule has 0 aliphatic rings. The third kappa shape index (κ3) is 3.11. The highest BCUT2D eigenvalue weighted by Crippen LogP contribution is 2.26. The number of nitrogens with zero attached hydrogens (tertiary/aromatic N) is 2. The highest BCUT2D eigenvalue weighted by atomic mass is 19.1. The molecule has 1 aromatic carbocycles. The third-order valence-electron chi connectivity index (χ3n) is 2.80. The summed E-state index contributed by atoms with van der Waals surface area (Å²) in [6.45, 7) is 1.66. The van der Waals surface area contributed by atoms with Crippen molar-refractivity contribution in [3.8, 4) is 11.8 Å². The van der Waals surface area contributed by atoms with Gasteiger partial charge in [-0.2, -0.15) is 5.26 Å². The Morgan fingerprint density at radius 1 is 1.45 bits per heavy atom. The van der Waals surface area contributed by atoms with Gasteiger partial charge in [0.1, 0.15) is 29.9 Å². The van der Waals surface area contributed by atoms with Crippen LogP contribution in [0, 0.1) is 17.1 Å². The van der Waals surface area contributed by atoms with Crippen LogP contribution in [0.2, 0.25) is 0 Å². The standard InChI is InChI=1S/C15H13FN2O2/c1-10(19)13-7-12(16)4-5-15(13)20-9-11-3-2-6-18-14(11)8-17/h2-7,10,19H,9H2,1H3/t10-/m0/s1. The molecule has 0 radical (unpaired) electrons. The van der Waals surface area contributed by atoms with Crippen molar-refractivity contribution in [3.05, 3.63) is 59.2 Å². The van der Waals surface area contributed by atoms with Gasteiger partial charge in [0.05, 0.1) is 6.10 Å². The number of aliphatic hydroxyl groups is 1. The molecule has 102 valence electrons. The summed E-state index contributed by atoms with van der Waals surface area (Å²) >= 11 is 0. The van der Waals surface area contributed by atoms with Crippen LogP contribution in [0.1, 0.15) is 29.8 Å². The minimum absolute atomic E-state index is 0.127. The molecule has 5 heteroatoms. The van der Waals surface area contributed by atoms with Crippen molar-refractivity contribution in [2.24, 2.45) is 0 Å². The first kappa shape index (κ1) is 14.0. The van der Waals surface area contributed by atoms with E-state index >= 15 is 0 Å². The Bertz CT molecular complexity index is 651. The largest absolute Gasteiger partial charge is 0.488 e. The van der Waals surface area contributed by atoms with E-state index in [0.717, 1.165) is 0 Å². The molecule has 0 unspecified atom stereocenters. The Morgan fingerprint density at radius 3 is 2.95 bits per heavy atom. The molecule has 1 N–H and O–H groups in total. The second-order valence-corrected chi connectivity index (χ2v) is 4.27. The van der Waals surface area contributed by atoms with Gasteiger partial charge in [0.15, 0.2) is 0 Å². The summed E-state index contributed by atoms with van der Waals surface area (Å²) in [6.07, 6.45) is 0.686. The van der Waals surface area contributed by atoms with E-state index in [1.54, 1.807) is 12.1 Å². The zero-order valence-electron chi connectivity index (χ0n) is 10.9. The van der Waals surface area contributed by atoms with Crippen LogP contribution in [0.15, 0.2) is 36.5 Å². The lowest BCUT2D eigenvalue weighted by Gasteiger charge is -2.13. The van der Waals surface area contributed by atoms with Crippen LogP contribution < -0.4 is 4.74 Å². The first-order valence-corrected chi connectivity index (χ1v) is 6.06. The van der Waals surface area contributed by atoms with Gasteiger partial charge < -0.3 is 9.84 Å². The molecule has 1 heterocycles. The highest BCUT2D eigenvalue weighted by Gasteiger charge is 2.11. The van der Waals surface area contributed by atoms with Crippen molar-refractivity contribution in [3.63, 3.8) is 0 Å². The van der Waals surface area contributed by atoms with Crippen LogP contribution in [0.3, 0.4) is 0 Å². The molecule has 0 saturated heterocycles. The number of hydrogen-bond acceptors (Lipinski definition) is 4. The van der Waals surface area contributed by atoms with Crippen molar-refractivity contribution in [2.45, 2.75) is 19.6 Å². The van der Waals surface area contributed by atoms with E-state index in [-0.39, 0.29) is 12.3 Å². The molecule has 0 amide bonds. The smallest absolute Gasteiger partial charge is 0.147 e. The summed E-state index contributed by atoms with van der Waals surface area (Å²) in [5.41, 5.74) is 1.29. The Morgan fingerprint density at radius 2 is 2.25 bits per heavy atom. The lowest BCUT2D eigenvalue weighted by molar-refractivity contribution is 0.189. The van der Waals surface area contributed by atoms with E-state index in [2.05, 4.69) is 4.98 Å². The van der Waals surface area contributed by atoms with Crippen molar-refractivity contribution in [1.82, 2.24) is 4.98 Å². The normalized spacial score (nSPS) is 11.7. The number of ether oxygens (including phenoxy) is 1. The van der Waals surface area contributed by atoms with Gasteiger partial charge in [0, 0.05) is 17.3 Å². The molecule has 1 aromatic heterocycles. The van der Waals surface area contributed by atoms with E-state index in [4.69, 9.17) is 10.00 Å². The van der Waals surface area contributed by atoms with Gasteiger partial charge in [0.25, 0.3) is 0 Å². The number of rotatable bonds is 4. The van der Waals surface area contributed by atoms with Crippen molar-refractivity contribution in [1.29, 1.82) is 5.26 Å². The maximum Gasteiger partial charge on any atom is 0.147 e. The third-order valence-corrected chi connectivity index (χ3v) is 2.80. The lowest BCUT2D eigenvalue weighted by Crippen LogP contribution is -2.03. The van der Waals surface area contributed by atoms with Gasteiger partial charge in [-0.25, -0.2) is 9.37 Å². The molecule has 1 atom stereocenters. The van der Waals surface area contributed by atoms with Gasteiger partial charge in [-0.1, -0.05) is 6.07 Å². The SMILES string of the molecule is C[C@H](O)c1cc(F)ccc1OCc1cccnc1C#N.